The number of aryl methyl sites for hydroxylation is 2. The van der Waals surface area contributed by atoms with Gasteiger partial charge in [0, 0.05) is 37.0 Å². The summed E-state index contributed by atoms with van der Waals surface area (Å²) in [5, 5.41) is 16.1. The maximum Gasteiger partial charge on any atom is 0.368 e. The smallest absolute Gasteiger partial charge is 0.368 e. The first-order valence-corrected chi connectivity index (χ1v) is 9.08. The SMILES string of the molecule is CC/C(=N/N=C(\C)c1cncnc1)OCc1c(C)cccc1-n1nnn(C)c1=O. The third kappa shape index (κ3) is 4.60. The second-order valence-electron chi connectivity index (χ2n) is 6.32. The van der Waals surface area contributed by atoms with Gasteiger partial charge in [0.15, 0.2) is 0 Å². The average molecular weight is 394 g/mol. The van der Waals surface area contributed by atoms with E-state index in [4.69, 9.17) is 4.74 Å². The number of benzene rings is 1. The van der Waals surface area contributed by atoms with Crippen LogP contribution in [0.2, 0.25) is 0 Å². The fourth-order valence-electron chi connectivity index (χ4n) is 2.57. The molecule has 0 aliphatic heterocycles. The Hall–Kier alpha value is -3.69. The molecule has 0 unspecified atom stereocenters. The van der Waals surface area contributed by atoms with Gasteiger partial charge in [-0.2, -0.15) is 14.5 Å². The van der Waals surface area contributed by atoms with Gasteiger partial charge in [-0.05, 0) is 35.9 Å². The average Bonchev–Trinajstić information content (AvgIpc) is 3.07. The Labute approximate surface area is 167 Å². The molecule has 0 saturated heterocycles. The van der Waals surface area contributed by atoms with Crippen molar-refractivity contribution in [3.05, 3.63) is 64.1 Å². The van der Waals surface area contributed by atoms with Crippen LogP contribution in [0.3, 0.4) is 0 Å². The van der Waals surface area contributed by atoms with E-state index in [0.29, 0.717) is 23.7 Å². The molecule has 10 nitrogen and oxygen atoms in total. The summed E-state index contributed by atoms with van der Waals surface area (Å²) in [6, 6.07) is 5.62. The number of rotatable bonds is 6. The number of hydrogen-bond donors (Lipinski definition) is 0. The van der Waals surface area contributed by atoms with Gasteiger partial charge in [0.05, 0.1) is 11.4 Å². The second-order valence-corrected chi connectivity index (χ2v) is 6.32. The van der Waals surface area contributed by atoms with E-state index in [1.54, 1.807) is 19.4 Å². The quantitative estimate of drug-likeness (QED) is 0.358. The van der Waals surface area contributed by atoms with E-state index in [1.165, 1.54) is 15.7 Å². The highest BCUT2D eigenvalue weighted by molar-refractivity contribution is 5.98. The Bertz CT molecular complexity index is 1100. The third-order valence-corrected chi connectivity index (χ3v) is 4.31. The molecule has 0 N–H and O–H groups in total. The van der Waals surface area contributed by atoms with Crippen molar-refractivity contribution in [3.8, 4) is 5.69 Å². The molecule has 1 aromatic carbocycles. The van der Waals surface area contributed by atoms with E-state index in [0.717, 1.165) is 16.7 Å². The van der Waals surface area contributed by atoms with Crippen molar-refractivity contribution in [2.75, 3.05) is 0 Å². The Morgan fingerprint density at radius 1 is 1.17 bits per heavy atom. The lowest BCUT2D eigenvalue weighted by Crippen LogP contribution is -2.23. The zero-order chi connectivity index (χ0) is 20.8. The number of ether oxygens (including phenoxy) is 1. The molecular formula is C19H22N8O2. The van der Waals surface area contributed by atoms with Crippen LogP contribution in [0.1, 0.15) is 37.0 Å². The van der Waals surface area contributed by atoms with E-state index >= 15 is 0 Å². The van der Waals surface area contributed by atoms with Gasteiger partial charge >= 0.3 is 5.69 Å². The van der Waals surface area contributed by atoms with Crippen molar-refractivity contribution in [1.29, 1.82) is 0 Å². The molecule has 0 saturated carbocycles. The van der Waals surface area contributed by atoms with Crippen molar-refractivity contribution in [3.63, 3.8) is 0 Å². The molecule has 10 heteroatoms. The summed E-state index contributed by atoms with van der Waals surface area (Å²) >= 11 is 0. The molecule has 0 aliphatic rings. The van der Waals surface area contributed by atoms with Crippen molar-refractivity contribution >= 4 is 11.6 Å². The van der Waals surface area contributed by atoms with Crippen LogP contribution in [0.25, 0.3) is 5.69 Å². The molecule has 0 aliphatic carbocycles. The first-order chi connectivity index (χ1) is 14.0. The fraction of sp³-hybridized carbons (Fsp3) is 0.316. The Morgan fingerprint density at radius 3 is 2.59 bits per heavy atom. The number of tetrazole rings is 1. The fourth-order valence-corrected chi connectivity index (χ4v) is 2.57. The first-order valence-electron chi connectivity index (χ1n) is 9.08. The predicted molar refractivity (Wildman–Crippen MR) is 108 cm³/mol. The van der Waals surface area contributed by atoms with Crippen LogP contribution in [0.5, 0.6) is 0 Å². The van der Waals surface area contributed by atoms with Crippen LogP contribution >= 0.6 is 0 Å². The van der Waals surface area contributed by atoms with E-state index in [-0.39, 0.29) is 12.3 Å². The van der Waals surface area contributed by atoms with E-state index in [1.807, 2.05) is 39.0 Å². The van der Waals surface area contributed by atoms with Gasteiger partial charge < -0.3 is 4.74 Å². The van der Waals surface area contributed by atoms with Crippen molar-refractivity contribution in [2.45, 2.75) is 33.8 Å². The molecule has 0 fully saturated rings. The van der Waals surface area contributed by atoms with E-state index < -0.39 is 0 Å². The Kier molecular flexibility index (Phi) is 6.22. The van der Waals surface area contributed by atoms with Crippen LogP contribution in [0.15, 0.2) is 51.9 Å². The van der Waals surface area contributed by atoms with Crippen LogP contribution in [0, 0.1) is 6.92 Å². The molecule has 0 bridgehead atoms. The van der Waals surface area contributed by atoms with Gasteiger partial charge in [-0.15, -0.1) is 5.10 Å². The lowest BCUT2D eigenvalue weighted by molar-refractivity contribution is 0.282. The van der Waals surface area contributed by atoms with Gasteiger partial charge in [-0.3, -0.25) is 0 Å². The topological polar surface area (TPSA) is 112 Å². The maximum atomic E-state index is 12.2. The molecule has 2 heterocycles. The minimum Gasteiger partial charge on any atom is -0.475 e. The molecular weight excluding hydrogens is 372 g/mol. The number of hydrogen-bond acceptors (Lipinski definition) is 8. The molecule has 2 aromatic heterocycles. The van der Waals surface area contributed by atoms with Crippen LogP contribution in [-0.2, 0) is 18.4 Å². The zero-order valence-electron chi connectivity index (χ0n) is 16.8. The molecule has 150 valence electrons. The van der Waals surface area contributed by atoms with Crippen LogP contribution in [0.4, 0.5) is 0 Å². The molecule has 0 amide bonds. The summed E-state index contributed by atoms with van der Waals surface area (Å²) < 4.78 is 8.33. The van der Waals surface area contributed by atoms with Gasteiger partial charge in [0.25, 0.3) is 0 Å². The predicted octanol–water partition coefficient (Wildman–Crippen LogP) is 1.81. The van der Waals surface area contributed by atoms with E-state index in [2.05, 4.69) is 30.6 Å². The van der Waals surface area contributed by atoms with Crippen molar-refractivity contribution < 1.29 is 4.74 Å². The maximum absolute atomic E-state index is 12.2. The molecule has 0 atom stereocenters. The molecule has 29 heavy (non-hydrogen) atoms. The molecule has 0 spiro atoms. The van der Waals surface area contributed by atoms with Crippen molar-refractivity contribution in [2.24, 2.45) is 17.3 Å². The standard InChI is InChI=1S/C19H22N8O2/c1-5-18(23-22-14(3)15-9-20-12-21-10-15)29-11-16-13(2)7-6-8-17(16)27-19(28)26(4)24-25-27/h6-10,12H,5,11H2,1-4H3/b22-14+,23-18-. The molecule has 3 aromatic rings. The minimum absolute atomic E-state index is 0.223. The highest BCUT2D eigenvalue weighted by Crippen LogP contribution is 2.18. The van der Waals surface area contributed by atoms with Crippen molar-refractivity contribution in [1.82, 2.24) is 29.8 Å². The monoisotopic (exact) mass is 394 g/mol. The zero-order valence-corrected chi connectivity index (χ0v) is 16.8. The lowest BCUT2D eigenvalue weighted by Gasteiger charge is -2.13. The summed E-state index contributed by atoms with van der Waals surface area (Å²) in [6.07, 6.45) is 5.37. The highest BCUT2D eigenvalue weighted by Gasteiger charge is 2.14. The normalized spacial score (nSPS) is 12.3. The summed E-state index contributed by atoms with van der Waals surface area (Å²) in [6.45, 7) is 5.93. The largest absolute Gasteiger partial charge is 0.475 e. The molecule has 3 rings (SSSR count). The number of aromatic nitrogens is 6. The summed E-state index contributed by atoms with van der Waals surface area (Å²) in [5.74, 6) is 0.474. The third-order valence-electron chi connectivity index (χ3n) is 4.31. The summed E-state index contributed by atoms with van der Waals surface area (Å²) in [7, 11) is 1.55. The lowest BCUT2D eigenvalue weighted by atomic mass is 10.1. The van der Waals surface area contributed by atoms with Crippen LogP contribution in [-0.4, -0.2) is 41.4 Å². The minimum atomic E-state index is -0.327. The Balaban J connectivity index is 1.83. The Morgan fingerprint density at radius 2 is 1.93 bits per heavy atom. The van der Waals surface area contributed by atoms with Gasteiger partial charge in [-0.1, -0.05) is 19.1 Å². The summed E-state index contributed by atoms with van der Waals surface area (Å²) in [5.41, 5.74) is 3.56. The number of nitrogens with zero attached hydrogens (tertiary/aromatic N) is 8. The molecule has 0 radical (unpaired) electrons. The van der Waals surface area contributed by atoms with Crippen LogP contribution < -0.4 is 5.69 Å². The van der Waals surface area contributed by atoms with E-state index in [9.17, 15) is 4.79 Å². The second kappa shape index (κ2) is 9.00. The van der Waals surface area contributed by atoms with Gasteiger partial charge in [-0.25, -0.2) is 14.8 Å². The van der Waals surface area contributed by atoms with Gasteiger partial charge in [0.2, 0.25) is 5.90 Å². The summed E-state index contributed by atoms with van der Waals surface area (Å²) in [4.78, 5) is 20.2. The van der Waals surface area contributed by atoms with Gasteiger partial charge in [0.1, 0.15) is 12.9 Å². The highest BCUT2D eigenvalue weighted by atomic mass is 16.5. The first kappa shape index (κ1) is 20.1.